The SMILES string of the molecule is Cc1ccc(C(=O)O)c2c(C)ccc(OC=O)c12. The number of benzene rings is 2. The predicted octanol–water partition coefficient (Wildman–Crippen LogP) is 2.69. The van der Waals surface area contributed by atoms with Crippen molar-refractivity contribution in [3.05, 3.63) is 41.0 Å². The summed E-state index contributed by atoms with van der Waals surface area (Å²) in [4.78, 5) is 21.7. The van der Waals surface area contributed by atoms with Crippen molar-refractivity contribution in [3.8, 4) is 5.75 Å². The highest BCUT2D eigenvalue weighted by Gasteiger charge is 2.15. The van der Waals surface area contributed by atoms with E-state index in [9.17, 15) is 14.7 Å². The molecule has 0 unspecified atom stereocenters. The van der Waals surface area contributed by atoms with Gasteiger partial charge in [0.1, 0.15) is 5.75 Å². The summed E-state index contributed by atoms with van der Waals surface area (Å²) in [5, 5.41) is 10.5. The number of carboxylic acid groups (broad SMARTS) is 1. The fourth-order valence-electron chi connectivity index (χ4n) is 2.13. The van der Waals surface area contributed by atoms with E-state index in [0.29, 0.717) is 23.0 Å². The molecule has 1 N–H and O–H groups in total. The van der Waals surface area contributed by atoms with Crippen molar-refractivity contribution in [2.75, 3.05) is 0 Å². The topological polar surface area (TPSA) is 63.6 Å². The lowest BCUT2D eigenvalue weighted by Crippen LogP contribution is -2.01. The minimum absolute atomic E-state index is 0.212. The van der Waals surface area contributed by atoms with Crippen molar-refractivity contribution in [1.29, 1.82) is 0 Å². The normalized spacial score (nSPS) is 10.3. The van der Waals surface area contributed by atoms with E-state index in [1.165, 1.54) is 0 Å². The van der Waals surface area contributed by atoms with Gasteiger partial charge < -0.3 is 9.84 Å². The third-order valence-corrected chi connectivity index (χ3v) is 2.94. The molecule has 0 aliphatic carbocycles. The zero-order valence-electron chi connectivity index (χ0n) is 10.1. The Morgan fingerprint density at radius 1 is 1.11 bits per heavy atom. The summed E-state index contributed by atoms with van der Waals surface area (Å²) >= 11 is 0. The van der Waals surface area contributed by atoms with Gasteiger partial charge in [-0.2, -0.15) is 0 Å². The highest BCUT2D eigenvalue weighted by Crippen LogP contribution is 2.33. The van der Waals surface area contributed by atoms with Crippen LogP contribution in [-0.4, -0.2) is 17.5 Å². The third-order valence-electron chi connectivity index (χ3n) is 2.94. The van der Waals surface area contributed by atoms with Crippen molar-refractivity contribution in [1.82, 2.24) is 0 Å². The van der Waals surface area contributed by atoms with Gasteiger partial charge in [-0.25, -0.2) is 4.79 Å². The molecule has 4 nitrogen and oxygen atoms in total. The number of ether oxygens (including phenoxy) is 1. The van der Waals surface area contributed by atoms with Crippen LogP contribution in [0.4, 0.5) is 0 Å². The third kappa shape index (κ3) is 1.82. The van der Waals surface area contributed by atoms with Gasteiger partial charge in [-0.05, 0) is 37.1 Å². The zero-order valence-corrected chi connectivity index (χ0v) is 10.1. The van der Waals surface area contributed by atoms with Crippen LogP contribution >= 0.6 is 0 Å². The summed E-state index contributed by atoms with van der Waals surface area (Å²) in [6.45, 7) is 4.03. The molecule has 2 rings (SSSR count). The first-order valence-electron chi connectivity index (χ1n) is 5.42. The fraction of sp³-hybridized carbons (Fsp3) is 0.143. The average molecular weight is 244 g/mol. The monoisotopic (exact) mass is 244 g/mol. The van der Waals surface area contributed by atoms with Gasteiger partial charge >= 0.3 is 5.97 Å². The Hall–Kier alpha value is -2.36. The summed E-state index contributed by atoms with van der Waals surface area (Å²) in [6, 6.07) is 6.69. The smallest absolute Gasteiger partial charge is 0.336 e. The zero-order chi connectivity index (χ0) is 13.3. The maximum absolute atomic E-state index is 11.2. The molecule has 0 aromatic heterocycles. The van der Waals surface area contributed by atoms with Crippen LogP contribution in [0.3, 0.4) is 0 Å². The number of rotatable bonds is 3. The first-order chi connectivity index (χ1) is 8.56. The second kappa shape index (κ2) is 4.49. The highest BCUT2D eigenvalue weighted by molar-refractivity contribution is 6.08. The largest absolute Gasteiger partial charge is 0.478 e. The molecule has 0 saturated carbocycles. The molecule has 0 spiro atoms. The van der Waals surface area contributed by atoms with Gasteiger partial charge in [-0.3, -0.25) is 4.79 Å². The number of aromatic carboxylic acids is 1. The van der Waals surface area contributed by atoms with Crippen molar-refractivity contribution >= 4 is 23.2 Å². The Bertz CT molecular complexity index is 644. The van der Waals surface area contributed by atoms with Gasteiger partial charge in [0.05, 0.1) is 5.56 Å². The molecule has 0 amide bonds. The van der Waals surface area contributed by atoms with Gasteiger partial charge in [0.15, 0.2) is 0 Å². The second-order valence-corrected chi connectivity index (χ2v) is 4.08. The van der Waals surface area contributed by atoms with E-state index in [1.807, 2.05) is 13.8 Å². The number of aryl methyl sites for hydroxylation is 2. The van der Waals surface area contributed by atoms with E-state index in [2.05, 4.69) is 0 Å². The summed E-state index contributed by atoms with van der Waals surface area (Å²) in [6.07, 6.45) is 0. The van der Waals surface area contributed by atoms with Crippen LogP contribution in [0.1, 0.15) is 21.5 Å². The number of hydrogen-bond acceptors (Lipinski definition) is 3. The predicted molar refractivity (Wildman–Crippen MR) is 67.1 cm³/mol. The fourth-order valence-corrected chi connectivity index (χ4v) is 2.13. The van der Waals surface area contributed by atoms with E-state index >= 15 is 0 Å². The number of hydrogen-bond donors (Lipinski definition) is 1. The van der Waals surface area contributed by atoms with Crippen molar-refractivity contribution in [2.24, 2.45) is 0 Å². The van der Waals surface area contributed by atoms with E-state index in [4.69, 9.17) is 4.74 Å². The number of carboxylic acids is 1. The summed E-state index contributed by atoms with van der Waals surface area (Å²) in [5.74, 6) is -0.613. The molecule has 0 fully saturated rings. The minimum atomic E-state index is -0.994. The molecule has 4 heteroatoms. The van der Waals surface area contributed by atoms with E-state index in [-0.39, 0.29) is 5.56 Å². The van der Waals surface area contributed by atoms with Gasteiger partial charge in [0.2, 0.25) is 0 Å². The van der Waals surface area contributed by atoms with E-state index < -0.39 is 5.97 Å². The number of carbonyl (C=O) groups excluding carboxylic acids is 1. The minimum Gasteiger partial charge on any atom is -0.478 e. The lowest BCUT2D eigenvalue weighted by atomic mass is 9.96. The van der Waals surface area contributed by atoms with Crippen molar-refractivity contribution in [3.63, 3.8) is 0 Å². The van der Waals surface area contributed by atoms with Crippen molar-refractivity contribution < 1.29 is 19.4 Å². The van der Waals surface area contributed by atoms with Crippen LogP contribution in [0, 0.1) is 13.8 Å². The van der Waals surface area contributed by atoms with Gasteiger partial charge in [-0.1, -0.05) is 12.1 Å². The Morgan fingerprint density at radius 2 is 1.72 bits per heavy atom. The van der Waals surface area contributed by atoms with Gasteiger partial charge in [0, 0.05) is 10.8 Å². The van der Waals surface area contributed by atoms with Crippen LogP contribution in [0.25, 0.3) is 10.8 Å². The summed E-state index contributed by atoms with van der Waals surface area (Å²) in [5.41, 5.74) is 1.92. The molecule has 0 aliphatic heterocycles. The molecular formula is C14H12O4. The molecule has 2 aromatic rings. The Morgan fingerprint density at radius 3 is 2.33 bits per heavy atom. The molecule has 2 aromatic carbocycles. The Kier molecular flexibility index (Phi) is 3.02. The molecule has 18 heavy (non-hydrogen) atoms. The molecule has 0 atom stereocenters. The summed E-state index contributed by atoms with van der Waals surface area (Å²) in [7, 11) is 0. The van der Waals surface area contributed by atoms with Crippen LogP contribution in [0.5, 0.6) is 5.75 Å². The first-order valence-corrected chi connectivity index (χ1v) is 5.42. The van der Waals surface area contributed by atoms with Crippen molar-refractivity contribution in [2.45, 2.75) is 13.8 Å². The quantitative estimate of drug-likeness (QED) is 0.843. The highest BCUT2D eigenvalue weighted by atomic mass is 16.5. The molecule has 0 saturated heterocycles. The molecule has 92 valence electrons. The van der Waals surface area contributed by atoms with Crippen LogP contribution in [0.2, 0.25) is 0 Å². The Labute approximate surface area is 104 Å². The van der Waals surface area contributed by atoms with Gasteiger partial charge in [0.25, 0.3) is 6.47 Å². The van der Waals surface area contributed by atoms with E-state index in [0.717, 1.165) is 11.1 Å². The number of carbonyl (C=O) groups is 2. The summed E-state index contributed by atoms with van der Waals surface area (Å²) < 4.78 is 4.92. The maximum atomic E-state index is 11.2. The molecule has 0 aliphatic rings. The standard InChI is InChI=1S/C14H12O4/c1-8-4-6-11(18-7-15)13-9(2)3-5-10(12(8)13)14(16)17/h3-7H,1-2H3,(H,16,17). The lowest BCUT2D eigenvalue weighted by molar-refractivity contribution is -0.120. The maximum Gasteiger partial charge on any atom is 0.336 e. The first kappa shape index (κ1) is 12.1. The molecule has 0 bridgehead atoms. The van der Waals surface area contributed by atoms with Crippen LogP contribution in [-0.2, 0) is 4.79 Å². The van der Waals surface area contributed by atoms with E-state index in [1.54, 1.807) is 24.3 Å². The number of fused-ring (bicyclic) bond motifs is 1. The molecular weight excluding hydrogens is 232 g/mol. The lowest BCUT2D eigenvalue weighted by Gasteiger charge is -2.12. The van der Waals surface area contributed by atoms with Crippen LogP contribution in [0.15, 0.2) is 24.3 Å². The Balaban J connectivity index is 2.94. The van der Waals surface area contributed by atoms with Crippen LogP contribution < -0.4 is 4.74 Å². The second-order valence-electron chi connectivity index (χ2n) is 4.08. The molecule has 0 heterocycles. The molecule has 0 radical (unpaired) electrons. The van der Waals surface area contributed by atoms with Gasteiger partial charge in [-0.15, -0.1) is 0 Å². The average Bonchev–Trinajstić information content (AvgIpc) is 2.33.